The van der Waals surface area contributed by atoms with E-state index in [0.29, 0.717) is 0 Å². The molecule has 2 aromatic rings. The van der Waals surface area contributed by atoms with Gasteiger partial charge in [-0.2, -0.15) is 0 Å². The monoisotopic (exact) mass is 201 g/mol. The van der Waals surface area contributed by atoms with Crippen molar-refractivity contribution < 1.29 is 0 Å². The minimum Gasteiger partial charge on any atom is -0.328 e. The lowest BCUT2D eigenvalue weighted by Crippen LogP contribution is -2.17. The van der Waals surface area contributed by atoms with Crippen LogP contribution in [0.15, 0.2) is 43.0 Å². The van der Waals surface area contributed by atoms with Crippen LogP contribution in [0.1, 0.15) is 12.5 Å². The molecular weight excluding hydrogens is 186 g/mol. The van der Waals surface area contributed by atoms with E-state index in [9.17, 15) is 0 Å². The van der Waals surface area contributed by atoms with Crippen molar-refractivity contribution in [3.8, 4) is 5.69 Å². The molecule has 0 aliphatic carbocycles. The first kappa shape index (κ1) is 9.93. The van der Waals surface area contributed by atoms with Crippen LogP contribution in [0.3, 0.4) is 0 Å². The summed E-state index contributed by atoms with van der Waals surface area (Å²) >= 11 is 0. The summed E-state index contributed by atoms with van der Waals surface area (Å²) in [5.74, 6) is 0. The quantitative estimate of drug-likeness (QED) is 0.822. The summed E-state index contributed by atoms with van der Waals surface area (Å²) in [6.07, 6.45) is 6.42. The third kappa shape index (κ3) is 2.44. The largest absolute Gasteiger partial charge is 0.328 e. The Hall–Kier alpha value is -1.61. The van der Waals surface area contributed by atoms with E-state index in [4.69, 9.17) is 5.73 Å². The first-order chi connectivity index (χ1) is 7.25. The zero-order valence-electron chi connectivity index (χ0n) is 8.80. The fourth-order valence-corrected chi connectivity index (χ4v) is 1.59. The zero-order chi connectivity index (χ0) is 10.7. The molecule has 1 atom stereocenters. The van der Waals surface area contributed by atoms with Gasteiger partial charge in [-0.25, -0.2) is 4.98 Å². The third-order valence-electron chi connectivity index (χ3n) is 2.30. The van der Waals surface area contributed by atoms with Crippen LogP contribution >= 0.6 is 0 Å². The van der Waals surface area contributed by atoms with Crippen LogP contribution < -0.4 is 5.73 Å². The van der Waals surface area contributed by atoms with E-state index in [1.165, 1.54) is 5.56 Å². The van der Waals surface area contributed by atoms with Crippen LogP contribution in [-0.4, -0.2) is 15.6 Å². The summed E-state index contributed by atoms with van der Waals surface area (Å²) in [6.45, 7) is 2.02. The van der Waals surface area contributed by atoms with Crippen molar-refractivity contribution in [2.24, 2.45) is 5.73 Å². The maximum Gasteiger partial charge on any atom is 0.0991 e. The van der Waals surface area contributed by atoms with Crippen LogP contribution in [0.25, 0.3) is 5.69 Å². The van der Waals surface area contributed by atoms with Crippen molar-refractivity contribution in [1.29, 1.82) is 0 Å². The second-order valence-electron chi connectivity index (χ2n) is 3.82. The summed E-state index contributed by atoms with van der Waals surface area (Å²) in [5.41, 5.74) is 8.14. The van der Waals surface area contributed by atoms with Crippen LogP contribution in [0.5, 0.6) is 0 Å². The maximum absolute atomic E-state index is 5.74. The molecule has 0 fully saturated rings. The fraction of sp³-hybridized carbons (Fsp3) is 0.250. The summed E-state index contributed by atoms with van der Waals surface area (Å²) in [5, 5.41) is 0. The van der Waals surface area contributed by atoms with Crippen LogP contribution in [0, 0.1) is 0 Å². The highest BCUT2D eigenvalue weighted by Gasteiger charge is 1.99. The Labute approximate surface area is 89.6 Å². The number of aromatic nitrogens is 2. The Morgan fingerprint density at radius 1 is 1.33 bits per heavy atom. The van der Waals surface area contributed by atoms with Crippen LogP contribution in [0.4, 0.5) is 0 Å². The third-order valence-corrected chi connectivity index (χ3v) is 2.30. The molecule has 2 rings (SSSR count). The van der Waals surface area contributed by atoms with Crippen molar-refractivity contribution >= 4 is 0 Å². The van der Waals surface area contributed by atoms with E-state index in [1.807, 2.05) is 17.7 Å². The molecule has 0 saturated carbocycles. The van der Waals surface area contributed by atoms with Crippen molar-refractivity contribution in [1.82, 2.24) is 9.55 Å². The molecule has 2 N–H and O–H groups in total. The summed E-state index contributed by atoms with van der Waals surface area (Å²) in [6, 6.07) is 8.60. The van der Waals surface area contributed by atoms with Crippen molar-refractivity contribution in [2.45, 2.75) is 19.4 Å². The first-order valence-electron chi connectivity index (χ1n) is 5.08. The summed E-state index contributed by atoms with van der Waals surface area (Å²) in [4.78, 5) is 4.01. The van der Waals surface area contributed by atoms with Gasteiger partial charge in [0.25, 0.3) is 0 Å². The number of nitrogens with two attached hydrogens (primary N) is 1. The average Bonchev–Trinajstić information content (AvgIpc) is 2.71. The molecule has 3 heteroatoms. The summed E-state index contributed by atoms with van der Waals surface area (Å²) in [7, 11) is 0. The van der Waals surface area contributed by atoms with Gasteiger partial charge in [0.1, 0.15) is 0 Å². The molecule has 0 radical (unpaired) electrons. The second-order valence-corrected chi connectivity index (χ2v) is 3.82. The number of nitrogens with zero attached hydrogens (tertiary/aromatic N) is 2. The molecule has 0 amide bonds. The van der Waals surface area contributed by atoms with Gasteiger partial charge in [0.05, 0.1) is 6.33 Å². The first-order valence-corrected chi connectivity index (χ1v) is 5.08. The molecule has 15 heavy (non-hydrogen) atoms. The van der Waals surface area contributed by atoms with Crippen LogP contribution in [0.2, 0.25) is 0 Å². The van der Waals surface area contributed by atoms with Gasteiger partial charge in [-0.3, -0.25) is 0 Å². The Morgan fingerprint density at radius 3 is 2.60 bits per heavy atom. The molecule has 0 spiro atoms. The average molecular weight is 201 g/mol. The number of hydrogen-bond acceptors (Lipinski definition) is 2. The van der Waals surface area contributed by atoms with Gasteiger partial charge in [0.2, 0.25) is 0 Å². The molecule has 0 bridgehead atoms. The van der Waals surface area contributed by atoms with E-state index in [1.54, 1.807) is 12.5 Å². The molecule has 78 valence electrons. The standard InChI is InChI=1S/C12H15N3/c1-10(13)8-11-2-4-12(5-3-11)15-7-6-14-9-15/h2-7,9-10H,8,13H2,1H3. The Balaban J connectivity index is 2.17. The number of benzene rings is 1. The van der Waals surface area contributed by atoms with E-state index in [-0.39, 0.29) is 6.04 Å². The number of rotatable bonds is 3. The normalized spacial score (nSPS) is 12.7. The van der Waals surface area contributed by atoms with E-state index in [2.05, 4.69) is 29.2 Å². The van der Waals surface area contributed by atoms with Gasteiger partial charge >= 0.3 is 0 Å². The van der Waals surface area contributed by atoms with Gasteiger partial charge in [-0.15, -0.1) is 0 Å². The highest BCUT2D eigenvalue weighted by Crippen LogP contribution is 2.10. The zero-order valence-corrected chi connectivity index (χ0v) is 8.80. The molecule has 0 saturated heterocycles. The van der Waals surface area contributed by atoms with Crippen LogP contribution in [-0.2, 0) is 6.42 Å². The van der Waals surface area contributed by atoms with Gasteiger partial charge in [0, 0.05) is 24.1 Å². The fourth-order valence-electron chi connectivity index (χ4n) is 1.59. The number of imidazole rings is 1. The second kappa shape index (κ2) is 4.28. The predicted octanol–water partition coefficient (Wildman–Crippen LogP) is 1.76. The Bertz CT molecular complexity index is 401. The van der Waals surface area contributed by atoms with Gasteiger partial charge < -0.3 is 10.3 Å². The lowest BCUT2D eigenvalue weighted by atomic mass is 10.1. The molecule has 0 aliphatic rings. The van der Waals surface area contributed by atoms with Crippen molar-refractivity contribution in [3.63, 3.8) is 0 Å². The molecule has 3 nitrogen and oxygen atoms in total. The van der Waals surface area contributed by atoms with E-state index >= 15 is 0 Å². The van der Waals surface area contributed by atoms with Crippen molar-refractivity contribution in [2.75, 3.05) is 0 Å². The molecule has 1 heterocycles. The SMILES string of the molecule is CC(N)Cc1ccc(-n2ccnc2)cc1. The maximum atomic E-state index is 5.74. The molecule has 0 aliphatic heterocycles. The lowest BCUT2D eigenvalue weighted by Gasteiger charge is -2.06. The van der Waals surface area contributed by atoms with Gasteiger partial charge in [0.15, 0.2) is 0 Å². The summed E-state index contributed by atoms with van der Waals surface area (Å²) < 4.78 is 1.98. The Kier molecular flexibility index (Phi) is 2.83. The smallest absolute Gasteiger partial charge is 0.0991 e. The molecule has 1 aromatic carbocycles. The Morgan fingerprint density at radius 2 is 2.07 bits per heavy atom. The van der Waals surface area contributed by atoms with Gasteiger partial charge in [-0.1, -0.05) is 12.1 Å². The predicted molar refractivity (Wildman–Crippen MR) is 60.9 cm³/mol. The van der Waals surface area contributed by atoms with E-state index in [0.717, 1.165) is 12.1 Å². The minimum absolute atomic E-state index is 0.212. The lowest BCUT2D eigenvalue weighted by molar-refractivity contribution is 0.738. The topological polar surface area (TPSA) is 43.8 Å². The van der Waals surface area contributed by atoms with Gasteiger partial charge in [-0.05, 0) is 31.0 Å². The van der Waals surface area contributed by atoms with Crippen molar-refractivity contribution in [3.05, 3.63) is 48.5 Å². The highest BCUT2D eigenvalue weighted by molar-refractivity contribution is 5.34. The number of hydrogen-bond donors (Lipinski definition) is 1. The highest BCUT2D eigenvalue weighted by atomic mass is 15.0. The molecule has 1 aromatic heterocycles. The van der Waals surface area contributed by atoms with E-state index < -0.39 is 0 Å². The molecule has 1 unspecified atom stereocenters. The minimum atomic E-state index is 0.212. The molecular formula is C12H15N3.